The molecule has 0 spiro atoms. The predicted molar refractivity (Wildman–Crippen MR) is 151 cm³/mol. The molecule has 0 heterocycles. The molecule has 3 aromatic rings. The smallest absolute Gasteiger partial charge is 0.416 e. The second-order valence-corrected chi connectivity index (χ2v) is 11.8. The Kier molecular flexibility index (Phi) is 10.3. The summed E-state index contributed by atoms with van der Waals surface area (Å²) in [5, 5.41) is 4.74. The highest BCUT2D eigenvalue weighted by Crippen LogP contribution is 2.37. The zero-order chi connectivity index (χ0) is 29.7. The number of nitrogens with one attached hydrogen (secondary N) is 1. The van der Waals surface area contributed by atoms with E-state index in [1.54, 1.807) is 30.3 Å². The first-order chi connectivity index (χ1) is 18.7. The topological polar surface area (TPSA) is 97.3 Å². The van der Waals surface area contributed by atoms with Gasteiger partial charge in [-0.1, -0.05) is 35.3 Å². The SMILES string of the molecule is COc1cc(/C=N\NC(=O)CN(c2cccc(C(F)(F)F)c2)S(C)(=O)=O)cc(Br)c1OCc1ccc(Cl)cc1Cl. The molecule has 0 bridgehead atoms. The minimum Gasteiger partial charge on any atom is -0.493 e. The number of carbonyl (C=O) groups is 1. The number of rotatable bonds is 10. The second kappa shape index (κ2) is 13.1. The highest BCUT2D eigenvalue weighted by Gasteiger charge is 2.32. The summed E-state index contributed by atoms with van der Waals surface area (Å²) in [6, 6.07) is 11.9. The van der Waals surface area contributed by atoms with Crippen molar-refractivity contribution >= 4 is 67.0 Å². The van der Waals surface area contributed by atoms with Gasteiger partial charge in [0.2, 0.25) is 10.0 Å². The van der Waals surface area contributed by atoms with Crippen molar-refractivity contribution in [1.82, 2.24) is 5.43 Å². The summed E-state index contributed by atoms with van der Waals surface area (Å²) in [7, 11) is -2.67. The third kappa shape index (κ3) is 8.50. The summed E-state index contributed by atoms with van der Waals surface area (Å²) in [5.74, 6) is -0.176. The number of sulfonamides is 1. The van der Waals surface area contributed by atoms with Crippen LogP contribution in [0.2, 0.25) is 10.0 Å². The van der Waals surface area contributed by atoms with Gasteiger partial charge >= 0.3 is 6.18 Å². The fraction of sp³-hybridized carbons (Fsp3) is 0.200. The minimum atomic E-state index is -4.69. The number of nitrogens with zero attached hydrogens (tertiary/aromatic N) is 2. The average molecular weight is 683 g/mol. The monoisotopic (exact) mass is 681 g/mol. The maximum absolute atomic E-state index is 13.1. The van der Waals surface area contributed by atoms with Gasteiger partial charge in [-0.15, -0.1) is 0 Å². The number of halogens is 6. The molecular weight excluding hydrogens is 662 g/mol. The average Bonchev–Trinajstić information content (AvgIpc) is 2.86. The third-order valence-electron chi connectivity index (χ3n) is 5.19. The number of hydrogen-bond acceptors (Lipinski definition) is 6. The number of methoxy groups -OCH3 is 1. The number of anilines is 1. The lowest BCUT2D eigenvalue weighted by molar-refractivity contribution is -0.137. The van der Waals surface area contributed by atoms with Crippen molar-refractivity contribution in [3.63, 3.8) is 0 Å². The molecule has 15 heteroatoms. The van der Waals surface area contributed by atoms with E-state index in [1.165, 1.54) is 13.3 Å². The fourth-order valence-electron chi connectivity index (χ4n) is 3.33. The van der Waals surface area contributed by atoms with E-state index in [0.29, 0.717) is 47.5 Å². The normalized spacial score (nSPS) is 11.9. The van der Waals surface area contributed by atoms with Crippen molar-refractivity contribution < 1.29 is 35.9 Å². The van der Waals surface area contributed by atoms with Gasteiger partial charge in [0, 0.05) is 15.6 Å². The maximum Gasteiger partial charge on any atom is 0.416 e. The zero-order valence-electron chi connectivity index (χ0n) is 20.8. The standard InChI is InChI=1S/C25H21BrCl2F3N3O5S/c1-38-22-9-15(8-20(26)24(22)39-14-16-6-7-18(27)11-21(16)28)12-32-33-23(35)13-34(40(2,36)37)19-5-3-4-17(10-19)25(29,30)31/h3-12H,13-14H2,1-2H3,(H,33,35)/b32-12-. The van der Waals surface area contributed by atoms with E-state index in [-0.39, 0.29) is 12.3 Å². The van der Waals surface area contributed by atoms with Crippen LogP contribution in [0, 0.1) is 0 Å². The molecule has 0 saturated heterocycles. The van der Waals surface area contributed by atoms with Crippen molar-refractivity contribution in [3.05, 3.63) is 85.8 Å². The van der Waals surface area contributed by atoms with E-state index in [2.05, 4.69) is 26.5 Å². The molecule has 1 N–H and O–H groups in total. The molecule has 0 aliphatic heterocycles. The van der Waals surface area contributed by atoms with Crippen LogP contribution in [0.15, 0.2) is 64.2 Å². The number of alkyl halides is 3. The van der Waals surface area contributed by atoms with Crippen molar-refractivity contribution in [2.24, 2.45) is 5.10 Å². The Hall–Kier alpha value is -3.00. The summed E-state index contributed by atoms with van der Waals surface area (Å²) in [6.45, 7) is -0.679. The number of benzene rings is 3. The molecule has 0 fully saturated rings. The third-order valence-corrected chi connectivity index (χ3v) is 7.51. The Morgan fingerprint density at radius 3 is 2.50 bits per heavy atom. The summed E-state index contributed by atoms with van der Waals surface area (Å²) in [6.07, 6.45) is -2.65. The number of carbonyl (C=O) groups excluding carboxylic acids is 1. The van der Waals surface area contributed by atoms with Gasteiger partial charge < -0.3 is 9.47 Å². The van der Waals surface area contributed by atoms with Gasteiger partial charge in [0.1, 0.15) is 13.2 Å². The molecule has 214 valence electrons. The molecule has 0 aliphatic rings. The Balaban J connectivity index is 1.71. The summed E-state index contributed by atoms with van der Waals surface area (Å²) < 4.78 is 76.0. The minimum absolute atomic E-state index is 0.122. The summed E-state index contributed by atoms with van der Waals surface area (Å²) >= 11 is 15.5. The molecular formula is C25H21BrCl2F3N3O5S. The summed E-state index contributed by atoms with van der Waals surface area (Å²) in [4.78, 5) is 12.4. The highest BCUT2D eigenvalue weighted by atomic mass is 79.9. The number of ether oxygens (including phenoxy) is 2. The number of amides is 1. The van der Waals surface area contributed by atoms with Crippen LogP contribution >= 0.6 is 39.1 Å². The van der Waals surface area contributed by atoms with Gasteiger partial charge in [-0.3, -0.25) is 9.10 Å². The lowest BCUT2D eigenvalue weighted by Crippen LogP contribution is -2.39. The van der Waals surface area contributed by atoms with Crippen molar-refractivity contribution in [3.8, 4) is 11.5 Å². The molecule has 3 rings (SSSR count). The van der Waals surface area contributed by atoms with Crippen LogP contribution in [-0.2, 0) is 27.6 Å². The quantitative estimate of drug-likeness (QED) is 0.201. The lowest BCUT2D eigenvalue weighted by atomic mass is 10.2. The van der Waals surface area contributed by atoms with Crippen LogP contribution in [0.3, 0.4) is 0 Å². The van der Waals surface area contributed by atoms with Crippen LogP contribution in [0.25, 0.3) is 0 Å². The largest absolute Gasteiger partial charge is 0.493 e. The molecule has 0 saturated carbocycles. The van der Waals surface area contributed by atoms with E-state index in [0.717, 1.165) is 24.5 Å². The Morgan fingerprint density at radius 2 is 1.88 bits per heavy atom. The molecule has 3 aromatic carbocycles. The van der Waals surface area contributed by atoms with Gasteiger partial charge in [-0.05, 0) is 64.0 Å². The molecule has 0 radical (unpaired) electrons. The van der Waals surface area contributed by atoms with Crippen LogP contribution < -0.4 is 19.2 Å². The molecule has 0 atom stereocenters. The first kappa shape index (κ1) is 31.5. The first-order valence-electron chi connectivity index (χ1n) is 11.1. The first-order valence-corrected chi connectivity index (χ1v) is 14.5. The number of hydrogen-bond donors (Lipinski definition) is 1. The Morgan fingerprint density at radius 1 is 1.15 bits per heavy atom. The highest BCUT2D eigenvalue weighted by molar-refractivity contribution is 9.10. The Bertz CT molecular complexity index is 1540. The van der Waals surface area contributed by atoms with E-state index < -0.39 is 34.2 Å². The van der Waals surface area contributed by atoms with Crippen LogP contribution in [0.5, 0.6) is 11.5 Å². The molecule has 40 heavy (non-hydrogen) atoms. The van der Waals surface area contributed by atoms with E-state index in [1.807, 2.05) is 0 Å². The molecule has 0 unspecified atom stereocenters. The molecule has 0 aliphatic carbocycles. The molecule has 8 nitrogen and oxygen atoms in total. The van der Waals surface area contributed by atoms with Crippen LogP contribution in [0.4, 0.5) is 18.9 Å². The maximum atomic E-state index is 13.1. The second-order valence-electron chi connectivity index (χ2n) is 8.17. The van der Waals surface area contributed by atoms with Gasteiger partial charge in [0.05, 0.1) is 35.3 Å². The molecule has 0 aromatic heterocycles. The van der Waals surface area contributed by atoms with Crippen molar-refractivity contribution in [1.29, 1.82) is 0 Å². The van der Waals surface area contributed by atoms with Gasteiger partial charge in [0.15, 0.2) is 11.5 Å². The van der Waals surface area contributed by atoms with E-state index >= 15 is 0 Å². The Labute approximate surface area is 246 Å². The van der Waals surface area contributed by atoms with Gasteiger partial charge in [0.25, 0.3) is 5.91 Å². The van der Waals surface area contributed by atoms with Crippen LogP contribution in [0.1, 0.15) is 16.7 Å². The van der Waals surface area contributed by atoms with Crippen molar-refractivity contribution in [2.75, 3.05) is 24.2 Å². The van der Waals surface area contributed by atoms with E-state index in [4.69, 9.17) is 32.7 Å². The van der Waals surface area contributed by atoms with Gasteiger partial charge in [-0.25, -0.2) is 13.8 Å². The fourth-order valence-corrected chi connectivity index (χ4v) is 5.21. The zero-order valence-corrected chi connectivity index (χ0v) is 24.7. The van der Waals surface area contributed by atoms with E-state index in [9.17, 15) is 26.4 Å². The van der Waals surface area contributed by atoms with Crippen LogP contribution in [-0.4, -0.2) is 40.4 Å². The van der Waals surface area contributed by atoms with Gasteiger partial charge in [-0.2, -0.15) is 18.3 Å². The predicted octanol–water partition coefficient (Wildman–Crippen LogP) is 6.28. The summed E-state index contributed by atoms with van der Waals surface area (Å²) in [5.41, 5.74) is 1.96. The molecule has 1 amide bonds. The number of hydrazone groups is 1. The van der Waals surface area contributed by atoms with Crippen molar-refractivity contribution in [2.45, 2.75) is 12.8 Å². The lowest BCUT2D eigenvalue weighted by Gasteiger charge is -2.22.